The van der Waals surface area contributed by atoms with Crippen LogP contribution in [0.15, 0.2) is 53.6 Å². The van der Waals surface area contributed by atoms with Crippen LogP contribution in [0.1, 0.15) is 33.0 Å². The van der Waals surface area contributed by atoms with Crippen molar-refractivity contribution in [2.45, 2.75) is 26.4 Å². The van der Waals surface area contributed by atoms with Gasteiger partial charge in [-0.15, -0.1) is 0 Å². The minimum Gasteiger partial charge on any atom is -0.347 e. The Kier molecular flexibility index (Phi) is 5.74. The summed E-state index contributed by atoms with van der Waals surface area (Å²) in [6.45, 7) is 2.85. The third-order valence-electron chi connectivity index (χ3n) is 5.06. The lowest BCUT2D eigenvalue weighted by molar-refractivity contribution is 0.0732. The van der Waals surface area contributed by atoms with E-state index >= 15 is 0 Å². The van der Waals surface area contributed by atoms with Crippen LogP contribution in [0.2, 0.25) is 0 Å². The van der Waals surface area contributed by atoms with E-state index in [1.165, 1.54) is 0 Å². The van der Waals surface area contributed by atoms with Crippen LogP contribution in [-0.4, -0.2) is 38.3 Å². The Balaban J connectivity index is 1.36. The number of fused-ring (bicyclic) bond motifs is 1. The van der Waals surface area contributed by atoms with Crippen molar-refractivity contribution < 1.29 is 9.59 Å². The van der Waals surface area contributed by atoms with E-state index in [0.29, 0.717) is 42.1 Å². The van der Waals surface area contributed by atoms with Gasteiger partial charge in [0.15, 0.2) is 0 Å². The number of pyridine rings is 1. The van der Waals surface area contributed by atoms with Crippen molar-refractivity contribution in [3.8, 4) is 0 Å². The molecule has 1 aromatic carbocycles. The first-order valence-corrected chi connectivity index (χ1v) is 9.91. The van der Waals surface area contributed by atoms with Crippen LogP contribution in [0.25, 0.3) is 0 Å². The largest absolute Gasteiger partial charge is 0.347 e. The Bertz CT molecular complexity index is 1160. The van der Waals surface area contributed by atoms with Crippen molar-refractivity contribution in [3.05, 3.63) is 87.4 Å². The molecule has 0 aliphatic carbocycles. The summed E-state index contributed by atoms with van der Waals surface area (Å²) in [4.78, 5) is 49.8. The van der Waals surface area contributed by atoms with Crippen molar-refractivity contribution in [2.75, 3.05) is 11.9 Å². The number of nitrogens with one attached hydrogen (secondary N) is 3. The van der Waals surface area contributed by atoms with Crippen LogP contribution in [-0.2, 0) is 19.5 Å². The summed E-state index contributed by atoms with van der Waals surface area (Å²) < 4.78 is 0. The Morgan fingerprint density at radius 1 is 1.19 bits per heavy atom. The summed E-state index contributed by atoms with van der Waals surface area (Å²) in [7, 11) is 0. The van der Waals surface area contributed by atoms with Crippen LogP contribution in [0.5, 0.6) is 0 Å². The number of hydrogen-bond donors (Lipinski definition) is 3. The number of aryl methyl sites for hydroxylation is 1. The number of rotatable bonds is 4. The smallest absolute Gasteiger partial charge is 0.319 e. The molecule has 158 valence electrons. The third kappa shape index (κ3) is 4.77. The van der Waals surface area contributed by atoms with E-state index < -0.39 is 0 Å². The molecule has 0 radical (unpaired) electrons. The highest BCUT2D eigenvalue weighted by molar-refractivity contribution is 5.95. The lowest BCUT2D eigenvalue weighted by Gasteiger charge is -2.28. The number of nitrogens with zero attached hydrogens (tertiary/aromatic N) is 3. The number of anilines is 1. The van der Waals surface area contributed by atoms with Crippen LogP contribution in [0.3, 0.4) is 0 Å². The van der Waals surface area contributed by atoms with E-state index in [0.717, 1.165) is 11.3 Å². The summed E-state index contributed by atoms with van der Waals surface area (Å²) in [6.07, 6.45) is 3.94. The maximum absolute atomic E-state index is 12.9. The fourth-order valence-electron chi connectivity index (χ4n) is 3.48. The molecule has 0 saturated heterocycles. The lowest BCUT2D eigenvalue weighted by atomic mass is 10.1. The topological polar surface area (TPSA) is 120 Å². The molecule has 3 aromatic rings. The highest BCUT2D eigenvalue weighted by atomic mass is 16.2. The normalized spacial score (nSPS) is 12.7. The van der Waals surface area contributed by atoms with Crippen LogP contribution >= 0.6 is 0 Å². The number of urea groups is 1. The molecular formula is C22H22N6O3. The van der Waals surface area contributed by atoms with E-state index in [9.17, 15) is 14.4 Å². The first kappa shape index (κ1) is 20.3. The van der Waals surface area contributed by atoms with Gasteiger partial charge in [0.1, 0.15) is 5.82 Å². The zero-order valence-electron chi connectivity index (χ0n) is 17.0. The summed E-state index contributed by atoms with van der Waals surface area (Å²) in [5.41, 5.74) is 3.04. The Morgan fingerprint density at radius 2 is 2.00 bits per heavy atom. The van der Waals surface area contributed by atoms with Gasteiger partial charge in [-0.2, -0.15) is 4.98 Å². The maximum Gasteiger partial charge on any atom is 0.319 e. The zero-order valence-corrected chi connectivity index (χ0v) is 17.0. The van der Waals surface area contributed by atoms with E-state index in [4.69, 9.17) is 0 Å². The third-order valence-corrected chi connectivity index (χ3v) is 5.06. The minimum absolute atomic E-state index is 0.168. The number of carbonyl (C=O) groups excluding carboxylic acids is 2. The summed E-state index contributed by atoms with van der Waals surface area (Å²) in [5.74, 6) is 0.411. The van der Waals surface area contributed by atoms with E-state index in [2.05, 4.69) is 25.6 Å². The van der Waals surface area contributed by atoms with Gasteiger partial charge >= 0.3 is 6.03 Å². The first-order valence-electron chi connectivity index (χ1n) is 9.91. The van der Waals surface area contributed by atoms with Gasteiger partial charge in [-0.3, -0.25) is 14.6 Å². The fourth-order valence-corrected chi connectivity index (χ4v) is 3.48. The maximum atomic E-state index is 12.9. The van der Waals surface area contributed by atoms with Crippen LogP contribution in [0.4, 0.5) is 10.5 Å². The molecule has 3 amide bonds. The van der Waals surface area contributed by atoms with E-state index in [1.54, 1.807) is 54.5 Å². The second-order valence-corrected chi connectivity index (χ2v) is 7.31. The molecule has 0 spiro atoms. The van der Waals surface area contributed by atoms with Crippen molar-refractivity contribution >= 4 is 17.6 Å². The number of hydrogen-bond acceptors (Lipinski definition) is 5. The monoisotopic (exact) mass is 418 g/mol. The standard InChI is InChI=1S/C22H22N6O3/c1-14-25-19-8-10-28(13-18(19)20(29)26-14)21(30)16-4-6-17(7-5-16)27-22(31)24-12-15-3-2-9-23-11-15/h2-7,9,11H,8,10,12-13H2,1H3,(H2,24,27,31)(H,25,26,29). The van der Waals surface area contributed by atoms with Gasteiger partial charge in [-0.1, -0.05) is 6.07 Å². The molecular weight excluding hydrogens is 396 g/mol. The molecule has 1 aliphatic rings. The SMILES string of the molecule is Cc1nc(=O)c2c([nH]1)CCN(C(=O)c1ccc(NC(=O)NCc3cccnc3)cc1)C2. The molecule has 0 fully saturated rings. The number of amides is 3. The van der Waals surface area contributed by atoms with Crippen molar-refractivity contribution in [2.24, 2.45) is 0 Å². The molecule has 3 N–H and O–H groups in total. The molecule has 0 atom stereocenters. The van der Waals surface area contributed by atoms with Gasteiger partial charge in [0, 0.05) is 48.8 Å². The van der Waals surface area contributed by atoms with Crippen molar-refractivity contribution in [3.63, 3.8) is 0 Å². The minimum atomic E-state index is -0.349. The summed E-state index contributed by atoms with van der Waals surface area (Å²) >= 11 is 0. The molecule has 1 aliphatic heterocycles. The average molecular weight is 418 g/mol. The van der Waals surface area contributed by atoms with Gasteiger partial charge < -0.3 is 20.5 Å². The molecule has 9 nitrogen and oxygen atoms in total. The predicted molar refractivity (Wildman–Crippen MR) is 115 cm³/mol. The number of carbonyl (C=O) groups is 2. The molecule has 2 aromatic heterocycles. The summed E-state index contributed by atoms with van der Waals surface area (Å²) in [5, 5.41) is 5.49. The molecule has 0 saturated carbocycles. The van der Waals surface area contributed by atoms with Gasteiger partial charge in [-0.25, -0.2) is 4.79 Å². The second kappa shape index (κ2) is 8.78. The zero-order chi connectivity index (χ0) is 21.8. The summed E-state index contributed by atoms with van der Waals surface area (Å²) in [6, 6.07) is 9.99. The van der Waals surface area contributed by atoms with E-state index in [1.807, 2.05) is 6.07 Å². The predicted octanol–water partition coefficient (Wildman–Crippen LogP) is 1.99. The molecule has 31 heavy (non-hydrogen) atoms. The average Bonchev–Trinajstić information content (AvgIpc) is 2.78. The van der Waals surface area contributed by atoms with E-state index in [-0.39, 0.29) is 24.0 Å². The Hall–Kier alpha value is -4.01. The number of aromatic amines is 1. The molecule has 9 heteroatoms. The Morgan fingerprint density at radius 3 is 2.74 bits per heavy atom. The van der Waals surface area contributed by atoms with Crippen molar-refractivity contribution in [1.82, 2.24) is 25.2 Å². The highest BCUT2D eigenvalue weighted by Gasteiger charge is 2.24. The highest BCUT2D eigenvalue weighted by Crippen LogP contribution is 2.18. The quantitative estimate of drug-likeness (QED) is 0.599. The molecule has 3 heterocycles. The Labute approximate surface area is 178 Å². The van der Waals surface area contributed by atoms with Gasteiger partial charge in [0.05, 0.1) is 12.1 Å². The van der Waals surface area contributed by atoms with Crippen molar-refractivity contribution in [1.29, 1.82) is 0 Å². The van der Waals surface area contributed by atoms with Crippen LogP contribution < -0.4 is 16.2 Å². The van der Waals surface area contributed by atoms with Gasteiger partial charge in [0.25, 0.3) is 11.5 Å². The van der Waals surface area contributed by atoms with Gasteiger partial charge in [0.2, 0.25) is 0 Å². The molecule has 0 unspecified atom stereocenters. The first-order chi connectivity index (χ1) is 15.0. The fraction of sp³-hybridized carbons (Fsp3) is 0.227. The number of H-pyrrole nitrogens is 1. The van der Waals surface area contributed by atoms with Crippen LogP contribution in [0, 0.1) is 6.92 Å². The lowest BCUT2D eigenvalue weighted by Crippen LogP contribution is -2.39. The number of benzene rings is 1. The number of aromatic nitrogens is 3. The second-order valence-electron chi connectivity index (χ2n) is 7.31. The molecule has 4 rings (SSSR count). The van der Waals surface area contributed by atoms with Gasteiger partial charge in [-0.05, 0) is 42.8 Å². The molecule has 0 bridgehead atoms.